The van der Waals surface area contributed by atoms with Crippen LogP contribution < -0.4 is 0 Å². The van der Waals surface area contributed by atoms with E-state index < -0.39 is 16.0 Å². The number of rotatable bonds is 2. The van der Waals surface area contributed by atoms with Crippen molar-refractivity contribution in [3.63, 3.8) is 0 Å². The Morgan fingerprint density at radius 3 is 1.70 bits per heavy atom. The zero-order chi connectivity index (χ0) is 8.58. The van der Waals surface area contributed by atoms with E-state index in [-0.39, 0.29) is 0 Å². The van der Waals surface area contributed by atoms with Crippen LogP contribution in [0.3, 0.4) is 0 Å². The molecule has 0 heterocycles. The second-order valence-corrected chi connectivity index (χ2v) is 8.65. The lowest BCUT2D eigenvalue weighted by Crippen LogP contribution is -2.18. The highest BCUT2D eigenvalue weighted by molar-refractivity contribution is 8.13. The highest BCUT2D eigenvalue weighted by Gasteiger charge is 2.28. The standard InChI is InChI=1S/C2H6Cl2NO3PS/c1-5(9(3,4)6)10(2,7)8/h1-2H3. The Morgan fingerprint density at radius 2 is 1.70 bits per heavy atom. The minimum Gasteiger partial charge on any atom is -0.270 e. The van der Waals surface area contributed by atoms with Gasteiger partial charge in [0.1, 0.15) is 0 Å². The minimum atomic E-state index is -3.69. The van der Waals surface area contributed by atoms with E-state index in [4.69, 9.17) is 22.5 Å². The molecule has 0 rings (SSSR count). The van der Waals surface area contributed by atoms with Crippen LogP contribution in [0.1, 0.15) is 0 Å². The van der Waals surface area contributed by atoms with Crippen LogP contribution in [0.15, 0.2) is 0 Å². The van der Waals surface area contributed by atoms with Crippen molar-refractivity contribution in [2.45, 2.75) is 0 Å². The van der Waals surface area contributed by atoms with Gasteiger partial charge in [-0.3, -0.25) is 4.57 Å². The number of sulfonamides is 1. The summed E-state index contributed by atoms with van der Waals surface area (Å²) in [6, 6.07) is 0. The quantitative estimate of drug-likeness (QED) is 0.669. The molecule has 4 nitrogen and oxygen atoms in total. The first-order valence-electron chi connectivity index (χ1n) is 2.09. The molecule has 0 bridgehead atoms. The van der Waals surface area contributed by atoms with E-state index in [9.17, 15) is 13.0 Å². The lowest BCUT2D eigenvalue weighted by molar-refractivity contribution is 0.542. The zero-order valence-electron chi connectivity index (χ0n) is 5.28. The van der Waals surface area contributed by atoms with Gasteiger partial charge in [-0.2, -0.15) is 0 Å². The van der Waals surface area contributed by atoms with Gasteiger partial charge in [-0.15, -0.1) is 4.08 Å². The normalized spacial score (nSPS) is 14.1. The maximum absolute atomic E-state index is 10.6. The largest absolute Gasteiger partial charge is 0.335 e. The summed E-state index contributed by atoms with van der Waals surface area (Å²) in [5.74, 6) is -3.69. The molecule has 0 aliphatic rings. The predicted molar refractivity (Wildman–Crippen MR) is 41.9 cm³/mol. The Morgan fingerprint density at radius 1 is 1.40 bits per heavy atom. The Bertz CT molecular complexity index is 256. The van der Waals surface area contributed by atoms with E-state index in [0.717, 1.165) is 13.3 Å². The summed E-state index contributed by atoms with van der Waals surface area (Å²) in [4.78, 5) is 0. The SMILES string of the molecule is CN(P(=O)(Cl)Cl)S(C)(=O)=O. The van der Waals surface area contributed by atoms with Gasteiger partial charge in [0.05, 0.1) is 6.26 Å². The fraction of sp³-hybridized carbons (Fsp3) is 1.00. The van der Waals surface area contributed by atoms with Gasteiger partial charge in [0, 0.05) is 7.05 Å². The van der Waals surface area contributed by atoms with Crippen LogP contribution in [0.4, 0.5) is 0 Å². The number of nitrogens with zero attached hydrogens (tertiary/aromatic N) is 1. The average molecular weight is 226 g/mol. The molecule has 0 N–H and O–H groups in total. The first-order valence-corrected chi connectivity index (χ1v) is 7.41. The lowest BCUT2D eigenvalue weighted by Gasteiger charge is -2.13. The van der Waals surface area contributed by atoms with Crippen molar-refractivity contribution in [2.24, 2.45) is 0 Å². The zero-order valence-corrected chi connectivity index (χ0v) is 8.51. The summed E-state index contributed by atoms with van der Waals surface area (Å²) in [5, 5.41) is 0. The van der Waals surface area contributed by atoms with Gasteiger partial charge in [-0.25, -0.2) is 8.42 Å². The molecule has 8 heteroatoms. The topological polar surface area (TPSA) is 54.5 Å². The minimum absolute atomic E-state index is 0.434. The Balaban J connectivity index is 4.74. The van der Waals surface area contributed by atoms with Crippen molar-refractivity contribution in [1.29, 1.82) is 0 Å². The molecule has 0 spiro atoms. The highest BCUT2D eigenvalue weighted by atomic mass is 35.9. The fourth-order valence-electron chi connectivity index (χ4n) is 0.173. The van der Waals surface area contributed by atoms with Crippen LogP contribution in [-0.2, 0) is 14.6 Å². The summed E-state index contributed by atoms with van der Waals surface area (Å²) in [5.41, 5.74) is 0. The smallest absolute Gasteiger partial charge is 0.270 e. The molecule has 0 saturated carbocycles. The first-order chi connectivity index (χ1) is 4.15. The van der Waals surface area contributed by atoms with Crippen molar-refractivity contribution >= 4 is 38.5 Å². The summed E-state index contributed by atoms with van der Waals surface area (Å²) >= 11 is 10.1. The molecule has 0 unspecified atom stereocenters. The summed E-state index contributed by atoms with van der Waals surface area (Å²) in [6.45, 7) is 0. The van der Waals surface area contributed by atoms with E-state index >= 15 is 0 Å². The van der Waals surface area contributed by atoms with Gasteiger partial charge in [0.2, 0.25) is 10.0 Å². The average Bonchev–Trinajstić information content (AvgIpc) is 1.59. The van der Waals surface area contributed by atoms with Crippen LogP contribution in [0.25, 0.3) is 0 Å². The molecule has 10 heavy (non-hydrogen) atoms. The lowest BCUT2D eigenvalue weighted by atomic mass is 11.6. The van der Waals surface area contributed by atoms with Crippen LogP contribution in [0.5, 0.6) is 0 Å². The molecule has 0 aliphatic heterocycles. The van der Waals surface area contributed by atoms with Crippen LogP contribution in [0, 0.1) is 0 Å². The van der Waals surface area contributed by atoms with Crippen LogP contribution in [0.2, 0.25) is 0 Å². The molecular weight excluding hydrogens is 220 g/mol. The molecule has 0 fully saturated rings. The fourth-order valence-corrected chi connectivity index (χ4v) is 3.57. The molecule has 62 valence electrons. The number of halogens is 2. The van der Waals surface area contributed by atoms with Gasteiger partial charge in [0.25, 0.3) is 0 Å². The van der Waals surface area contributed by atoms with E-state index in [1.54, 1.807) is 0 Å². The molecule has 0 aromatic heterocycles. The van der Waals surface area contributed by atoms with Crippen LogP contribution >= 0.6 is 28.5 Å². The Labute approximate surface area is 69.2 Å². The second kappa shape index (κ2) is 2.99. The van der Waals surface area contributed by atoms with Gasteiger partial charge < -0.3 is 0 Å². The molecule has 0 aliphatic carbocycles. The molecule has 0 saturated heterocycles. The predicted octanol–water partition coefficient (Wildman–Crippen LogP) is 1.46. The van der Waals surface area contributed by atoms with E-state index in [1.165, 1.54) is 0 Å². The molecule has 0 atom stereocenters. The van der Waals surface area contributed by atoms with Gasteiger partial charge in [-0.1, -0.05) is 0 Å². The van der Waals surface area contributed by atoms with Crippen molar-refractivity contribution in [2.75, 3.05) is 13.3 Å². The third-order valence-electron chi connectivity index (χ3n) is 0.808. The molecule has 0 amide bonds. The maximum Gasteiger partial charge on any atom is 0.335 e. The van der Waals surface area contributed by atoms with Crippen LogP contribution in [-0.4, -0.2) is 25.8 Å². The van der Waals surface area contributed by atoms with Crippen molar-refractivity contribution in [3.05, 3.63) is 0 Å². The Hall–Kier alpha value is 0.720. The van der Waals surface area contributed by atoms with Gasteiger partial charge >= 0.3 is 6.00 Å². The van der Waals surface area contributed by atoms with E-state index in [2.05, 4.69) is 0 Å². The number of hydrogen-bond donors (Lipinski definition) is 0. The number of hydrogen-bond acceptors (Lipinski definition) is 3. The van der Waals surface area contributed by atoms with Crippen molar-refractivity contribution < 1.29 is 13.0 Å². The Kier molecular flexibility index (Phi) is 3.21. The second-order valence-electron chi connectivity index (χ2n) is 1.63. The molecular formula is C2H6Cl2NO3PS. The van der Waals surface area contributed by atoms with Gasteiger partial charge in [-0.05, 0) is 22.5 Å². The third-order valence-corrected chi connectivity index (χ3v) is 5.90. The highest BCUT2D eigenvalue weighted by Crippen LogP contribution is 2.59. The van der Waals surface area contributed by atoms with Crippen molar-refractivity contribution in [1.82, 2.24) is 4.08 Å². The molecule has 0 radical (unpaired) electrons. The summed E-state index contributed by atoms with van der Waals surface area (Å²) < 4.78 is 32.2. The summed E-state index contributed by atoms with van der Waals surface area (Å²) in [6.07, 6.45) is 0.865. The third kappa shape index (κ3) is 3.21. The maximum atomic E-state index is 10.6. The molecule has 0 aromatic carbocycles. The monoisotopic (exact) mass is 225 g/mol. The first kappa shape index (κ1) is 10.7. The molecule has 0 aromatic rings. The summed E-state index contributed by atoms with van der Waals surface area (Å²) in [7, 11) is -2.50. The van der Waals surface area contributed by atoms with Crippen molar-refractivity contribution in [3.8, 4) is 0 Å². The van der Waals surface area contributed by atoms with E-state index in [1.807, 2.05) is 0 Å². The van der Waals surface area contributed by atoms with E-state index in [0.29, 0.717) is 4.08 Å². The van der Waals surface area contributed by atoms with Gasteiger partial charge in [0.15, 0.2) is 0 Å².